The molecular formula is C18H22BrFN4O3. The van der Waals surface area contributed by atoms with Crippen LogP contribution in [-0.4, -0.2) is 38.0 Å². The first kappa shape index (κ1) is 21.0. The summed E-state index contributed by atoms with van der Waals surface area (Å²) in [6.07, 6.45) is 2.67. The average molecular weight is 441 g/mol. The summed E-state index contributed by atoms with van der Waals surface area (Å²) in [6.45, 7) is 4.07. The van der Waals surface area contributed by atoms with E-state index in [1.807, 2.05) is 13.8 Å². The zero-order chi connectivity index (χ0) is 20.0. The highest BCUT2D eigenvalue weighted by Gasteiger charge is 2.18. The van der Waals surface area contributed by atoms with Crippen LogP contribution >= 0.6 is 15.9 Å². The minimum atomic E-state index is -0.848. The molecule has 0 spiro atoms. The van der Waals surface area contributed by atoms with Crippen molar-refractivity contribution in [2.75, 3.05) is 0 Å². The van der Waals surface area contributed by atoms with Gasteiger partial charge in [-0.15, -0.1) is 5.10 Å². The molecule has 0 fully saturated rings. The second kappa shape index (κ2) is 9.59. The number of carboxylic acid groups (broad SMARTS) is 1. The molecule has 0 saturated carbocycles. The van der Waals surface area contributed by atoms with Gasteiger partial charge in [0.05, 0.1) is 24.6 Å². The lowest BCUT2D eigenvalue weighted by atomic mass is 10.0. The fourth-order valence-electron chi connectivity index (χ4n) is 2.67. The lowest BCUT2D eigenvalue weighted by molar-refractivity contribution is -0.141. The Morgan fingerprint density at radius 1 is 1.41 bits per heavy atom. The molecule has 2 atom stereocenters. The maximum absolute atomic E-state index is 13.1. The molecule has 1 aromatic carbocycles. The fraction of sp³-hybridized carbons (Fsp3) is 0.444. The number of aliphatic carboxylic acids is 1. The Balaban J connectivity index is 1.87. The number of benzene rings is 1. The van der Waals surface area contributed by atoms with E-state index in [-0.39, 0.29) is 24.2 Å². The Morgan fingerprint density at radius 3 is 2.78 bits per heavy atom. The van der Waals surface area contributed by atoms with Crippen LogP contribution in [0.5, 0.6) is 0 Å². The normalized spacial score (nSPS) is 13.2. The van der Waals surface area contributed by atoms with Crippen LogP contribution in [0, 0.1) is 11.7 Å². The molecule has 1 heterocycles. The van der Waals surface area contributed by atoms with Gasteiger partial charge in [-0.05, 0) is 31.0 Å². The van der Waals surface area contributed by atoms with Gasteiger partial charge in [0.1, 0.15) is 5.82 Å². The van der Waals surface area contributed by atoms with Gasteiger partial charge in [-0.2, -0.15) is 0 Å². The molecule has 0 aliphatic heterocycles. The Labute approximate surface area is 165 Å². The van der Waals surface area contributed by atoms with E-state index in [1.165, 1.54) is 12.1 Å². The molecule has 0 radical (unpaired) electrons. The molecule has 1 amide bonds. The summed E-state index contributed by atoms with van der Waals surface area (Å²) >= 11 is 3.25. The number of nitrogens with one attached hydrogen (secondary N) is 1. The molecule has 1 aromatic heterocycles. The van der Waals surface area contributed by atoms with Crippen molar-refractivity contribution in [3.63, 3.8) is 0 Å². The molecule has 2 rings (SSSR count). The summed E-state index contributed by atoms with van der Waals surface area (Å²) in [5, 5.41) is 20.0. The number of carbonyl (C=O) groups excluding carboxylic acids is 1. The number of carboxylic acids is 1. The smallest absolute Gasteiger partial charge is 0.306 e. The van der Waals surface area contributed by atoms with Gasteiger partial charge >= 0.3 is 5.97 Å². The average Bonchev–Trinajstić information content (AvgIpc) is 3.01. The van der Waals surface area contributed by atoms with E-state index in [0.717, 1.165) is 0 Å². The van der Waals surface area contributed by atoms with Gasteiger partial charge in [0, 0.05) is 23.1 Å². The van der Waals surface area contributed by atoms with Crippen LogP contribution in [0.2, 0.25) is 0 Å². The number of halogens is 2. The Morgan fingerprint density at radius 2 is 2.15 bits per heavy atom. The van der Waals surface area contributed by atoms with Gasteiger partial charge in [-0.1, -0.05) is 34.1 Å². The van der Waals surface area contributed by atoms with Crippen molar-refractivity contribution in [3.8, 4) is 0 Å². The second-order valence-corrected chi connectivity index (χ2v) is 7.31. The Kier molecular flexibility index (Phi) is 7.46. The molecule has 0 saturated heterocycles. The maximum atomic E-state index is 13.1. The minimum absolute atomic E-state index is 0.130. The van der Waals surface area contributed by atoms with Crippen molar-refractivity contribution in [2.45, 2.75) is 45.7 Å². The molecule has 0 aliphatic carbocycles. The van der Waals surface area contributed by atoms with Gasteiger partial charge in [-0.25, -0.2) is 4.39 Å². The number of hydrogen-bond acceptors (Lipinski definition) is 4. The van der Waals surface area contributed by atoms with Crippen LogP contribution in [0.25, 0.3) is 0 Å². The molecule has 146 valence electrons. The van der Waals surface area contributed by atoms with Gasteiger partial charge in [-0.3, -0.25) is 14.3 Å². The van der Waals surface area contributed by atoms with E-state index in [4.69, 9.17) is 5.11 Å². The first-order valence-corrected chi connectivity index (χ1v) is 9.42. The summed E-state index contributed by atoms with van der Waals surface area (Å²) in [7, 11) is 0. The van der Waals surface area contributed by atoms with Crippen LogP contribution in [0.15, 0.2) is 28.9 Å². The van der Waals surface area contributed by atoms with Crippen LogP contribution in [-0.2, 0) is 29.0 Å². The molecule has 1 unspecified atom stereocenters. The fourth-order valence-corrected chi connectivity index (χ4v) is 3.16. The van der Waals surface area contributed by atoms with Crippen molar-refractivity contribution in [1.82, 2.24) is 20.3 Å². The second-order valence-electron chi connectivity index (χ2n) is 6.46. The van der Waals surface area contributed by atoms with Crippen LogP contribution in [0.3, 0.4) is 0 Å². The number of nitrogens with zero attached hydrogens (tertiary/aromatic N) is 3. The summed E-state index contributed by atoms with van der Waals surface area (Å²) in [6, 6.07) is 4.01. The number of hydrogen-bond donors (Lipinski definition) is 2. The molecule has 7 nitrogen and oxygen atoms in total. The third kappa shape index (κ3) is 6.42. The highest BCUT2D eigenvalue weighted by atomic mass is 79.9. The number of carbonyl (C=O) groups is 2. The van der Waals surface area contributed by atoms with E-state index in [2.05, 4.69) is 31.6 Å². The van der Waals surface area contributed by atoms with Crippen molar-refractivity contribution < 1.29 is 19.1 Å². The predicted octanol–water partition coefficient (Wildman–Crippen LogP) is 2.58. The van der Waals surface area contributed by atoms with Crippen LogP contribution in [0.4, 0.5) is 4.39 Å². The molecule has 0 bridgehead atoms. The number of rotatable bonds is 9. The van der Waals surface area contributed by atoms with Gasteiger partial charge < -0.3 is 10.4 Å². The summed E-state index contributed by atoms with van der Waals surface area (Å²) < 4.78 is 15.2. The van der Waals surface area contributed by atoms with Crippen molar-refractivity contribution in [3.05, 3.63) is 45.9 Å². The molecule has 2 N–H and O–H groups in total. The molecular weight excluding hydrogens is 419 g/mol. The first-order chi connectivity index (χ1) is 12.8. The monoisotopic (exact) mass is 440 g/mol. The van der Waals surface area contributed by atoms with Crippen molar-refractivity contribution >= 4 is 27.8 Å². The van der Waals surface area contributed by atoms with Gasteiger partial charge in [0.15, 0.2) is 0 Å². The molecule has 0 aliphatic rings. The van der Waals surface area contributed by atoms with E-state index in [1.54, 1.807) is 16.9 Å². The zero-order valence-corrected chi connectivity index (χ0v) is 16.7. The van der Waals surface area contributed by atoms with E-state index in [9.17, 15) is 14.0 Å². The van der Waals surface area contributed by atoms with Gasteiger partial charge in [0.25, 0.3) is 0 Å². The Bertz CT molecular complexity index is 812. The summed E-state index contributed by atoms with van der Waals surface area (Å²) in [5.74, 6) is -1.89. The standard InChI is InChI=1S/C18H22BrFN4O3/c1-3-12(18(26)27)6-15-10-24(23-22-15)9-11(2)21-17(25)7-13-4-5-14(20)8-16(13)19/h4-5,8,10-12H,3,6-7,9H2,1-2H3,(H,21,25)(H,26,27)/t11-,12?/m1/s1. The quantitative estimate of drug-likeness (QED) is 0.624. The Hall–Kier alpha value is -2.29. The first-order valence-electron chi connectivity index (χ1n) is 8.63. The largest absolute Gasteiger partial charge is 0.481 e. The molecule has 27 heavy (non-hydrogen) atoms. The van der Waals surface area contributed by atoms with Crippen LogP contribution < -0.4 is 5.32 Å². The third-order valence-electron chi connectivity index (χ3n) is 4.12. The van der Waals surface area contributed by atoms with Crippen molar-refractivity contribution in [1.29, 1.82) is 0 Å². The maximum Gasteiger partial charge on any atom is 0.306 e. The highest BCUT2D eigenvalue weighted by molar-refractivity contribution is 9.10. The van der Waals surface area contributed by atoms with E-state index in [0.29, 0.717) is 35.1 Å². The lowest BCUT2D eigenvalue weighted by Gasteiger charge is -2.14. The summed E-state index contributed by atoms with van der Waals surface area (Å²) in [5.41, 5.74) is 1.31. The zero-order valence-electron chi connectivity index (χ0n) is 15.2. The van der Waals surface area contributed by atoms with E-state index >= 15 is 0 Å². The predicted molar refractivity (Wildman–Crippen MR) is 101 cm³/mol. The lowest BCUT2D eigenvalue weighted by Crippen LogP contribution is -2.36. The SMILES string of the molecule is CCC(Cc1cn(C[C@@H](C)NC(=O)Cc2ccc(F)cc2Br)nn1)C(=O)O. The van der Waals surface area contributed by atoms with E-state index < -0.39 is 11.9 Å². The molecule has 9 heteroatoms. The number of aromatic nitrogens is 3. The molecule has 2 aromatic rings. The van der Waals surface area contributed by atoms with Crippen LogP contribution in [0.1, 0.15) is 31.5 Å². The minimum Gasteiger partial charge on any atom is -0.481 e. The highest BCUT2D eigenvalue weighted by Crippen LogP contribution is 2.18. The number of amides is 1. The third-order valence-corrected chi connectivity index (χ3v) is 4.86. The van der Waals surface area contributed by atoms with Gasteiger partial charge in [0.2, 0.25) is 5.91 Å². The van der Waals surface area contributed by atoms with Crippen molar-refractivity contribution in [2.24, 2.45) is 5.92 Å². The summed E-state index contributed by atoms with van der Waals surface area (Å²) in [4.78, 5) is 23.3. The topological polar surface area (TPSA) is 97.1 Å².